The van der Waals surface area contributed by atoms with Gasteiger partial charge in [0.05, 0.1) is 6.10 Å². The molecule has 1 N–H and O–H groups in total. The summed E-state index contributed by atoms with van der Waals surface area (Å²) < 4.78 is 13.8. The molecule has 0 spiro atoms. The Kier molecular flexibility index (Phi) is 3.46. The number of aliphatic hydroxyl groups is 1. The van der Waals surface area contributed by atoms with Crippen LogP contribution in [-0.4, -0.2) is 5.11 Å². The van der Waals surface area contributed by atoms with Crippen LogP contribution in [0.3, 0.4) is 0 Å². The lowest BCUT2D eigenvalue weighted by Crippen LogP contribution is -1.96. The summed E-state index contributed by atoms with van der Waals surface area (Å²) in [7, 11) is 0. The molecule has 0 amide bonds. The van der Waals surface area contributed by atoms with Crippen molar-refractivity contribution in [3.8, 4) is 11.1 Å². The van der Waals surface area contributed by atoms with E-state index in [0.29, 0.717) is 21.7 Å². The molecule has 2 rings (SSSR count). The van der Waals surface area contributed by atoms with Crippen molar-refractivity contribution in [1.82, 2.24) is 0 Å². The second-order valence-corrected chi connectivity index (χ2v) is 4.32. The zero-order valence-electron chi connectivity index (χ0n) is 9.32. The van der Waals surface area contributed by atoms with Gasteiger partial charge in [0.1, 0.15) is 5.82 Å². The second-order valence-electron chi connectivity index (χ2n) is 3.89. The van der Waals surface area contributed by atoms with Crippen LogP contribution in [0.2, 0.25) is 5.02 Å². The van der Waals surface area contributed by atoms with Crippen molar-refractivity contribution in [2.24, 2.45) is 0 Å². The smallest absolute Gasteiger partial charge is 0.132 e. The number of aliphatic hydroxyl groups excluding tert-OH is 1. The number of benzene rings is 2. The molecule has 1 atom stereocenters. The predicted molar refractivity (Wildman–Crippen MR) is 67.5 cm³/mol. The van der Waals surface area contributed by atoms with E-state index in [4.69, 9.17) is 11.6 Å². The molecule has 0 aliphatic heterocycles. The molecule has 1 nitrogen and oxygen atoms in total. The second kappa shape index (κ2) is 4.86. The lowest BCUT2D eigenvalue weighted by Gasteiger charge is -2.12. The van der Waals surface area contributed by atoms with Gasteiger partial charge in [-0.3, -0.25) is 0 Å². The standard InChI is InChI=1S/C14H12ClFO/c1-9(17)11-4-2-3-5-12(11)13-7-6-10(15)8-14(13)16/h2-9,17H,1H3. The van der Waals surface area contributed by atoms with Crippen LogP contribution in [0.25, 0.3) is 11.1 Å². The van der Waals surface area contributed by atoms with E-state index in [1.165, 1.54) is 6.07 Å². The normalized spacial score (nSPS) is 12.5. The molecule has 0 saturated heterocycles. The highest BCUT2D eigenvalue weighted by molar-refractivity contribution is 6.30. The molecule has 3 heteroatoms. The predicted octanol–water partition coefficient (Wildman–Crippen LogP) is 4.20. The lowest BCUT2D eigenvalue weighted by molar-refractivity contribution is 0.200. The third kappa shape index (κ3) is 2.48. The maximum absolute atomic E-state index is 13.8. The topological polar surface area (TPSA) is 20.2 Å². The average molecular weight is 251 g/mol. The van der Waals surface area contributed by atoms with Gasteiger partial charge >= 0.3 is 0 Å². The monoisotopic (exact) mass is 250 g/mol. The fourth-order valence-corrected chi connectivity index (χ4v) is 1.97. The van der Waals surface area contributed by atoms with Gasteiger partial charge in [-0.2, -0.15) is 0 Å². The van der Waals surface area contributed by atoms with E-state index in [1.807, 2.05) is 12.1 Å². The van der Waals surface area contributed by atoms with Crippen LogP contribution < -0.4 is 0 Å². The quantitative estimate of drug-likeness (QED) is 0.847. The van der Waals surface area contributed by atoms with Crippen molar-refractivity contribution in [3.05, 3.63) is 58.9 Å². The van der Waals surface area contributed by atoms with Crippen molar-refractivity contribution >= 4 is 11.6 Å². The Morgan fingerprint density at radius 3 is 2.47 bits per heavy atom. The molecule has 0 saturated carbocycles. The van der Waals surface area contributed by atoms with E-state index in [-0.39, 0.29) is 5.82 Å². The Hall–Kier alpha value is -1.38. The van der Waals surface area contributed by atoms with Crippen LogP contribution >= 0.6 is 11.6 Å². The van der Waals surface area contributed by atoms with Crippen molar-refractivity contribution in [3.63, 3.8) is 0 Å². The molecule has 0 bridgehead atoms. The SMILES string of the molecule is CC(O)c1ccccc1-c1ccc(Cl)cc1F. The van der Waals surface area contributed by atoms with Gasteiger partial charge in [-0.15, -0.1) is 0 Å². The minimum Gasteiger partial charge on any atom is -0.389 e. The summed E-state index contributed by atoms with van der Waals surface area (Å²) in [5.41, 5.74) is 1.84. The molecule has 88 valence electrons. The molecule has 0 heterocycles. The molecule has 0 aromatic heterocycles. The van der Waals surface area contributed by atoms with Crippen LogP contribution in [-0.2, 0) is 0 Å². The number of hydrogen-bond acceptors (Lipinski definition) is 1. The van der Waals surface area contributed by atoms with Gasteiger partial charge in [0, 0.05) is 10.6 Å². The molecule has 0 aliphatic rings. The van der Waals surface area contributed by atoms with Crippen LogP contribution in [0.1, 0.15) is 18.6 Å². The van der Waals surface area contributed by atoms with Gasteiger partial charge in [-0.05, 0) is 36.2 Å². The highest BCUT2D eigenvalue weighted by Crippen LogP contribution is 2.31. The summed E-state index contributed by atoms with van der Waals surface area (Å²) in [6, 6.07) is 11.7. The van der Waals surface area contributed by atoms with Crippen molar-refractivity contribution in [1.29, 1.82) is 0 Å². The summed E-state index contributed by atoms with van der Waals surface area (Å²) >= 11 is 5.72. The number of rotatable bonds is 2. The first-order valence-corrected chi connectivity index (χ1v) is 5.70. The highest BCUT2D eigenvalue weighted by Gasteiger charge is 2.12. The maximum Gasteiger partial charge on any atom is 0.132 e. The van der Waals surface area contributed by atoms with E-state index in [0.717, 1.165) is 0 Å². The Morgan fingerprint density at radius 1 is 1.12 bits per heavy atom. The van der Waals surface area contributed by atoms with E-state index in [9.17, 15) is 9.50 Å². The molecule has 17 heavy (non-hydrogen) atoms. The largest absolute Gasteiger partial charge is 0.389 e. The first-order chi connectivity index (χ1) is 8.09. The minimum atomic E-state index is -0.638. The Morgan fingerprint density at radius 2 is 1.82 bits per heavy atom. The minimum absolute atomic E-state index is 0.362. The zero-order valence-corrected chi connectivity index (χ0v) is 10.1. The first kappa shape index (κ1) is 12.1. The van der Waals surface area contributed by atoms with E-state index < -0.39 is 6.10 Å². The maximum atomic E-state index is 13.8. The van der Waals surface area contributed by atoms with Gasteiger partial charge in [-0.25, -0.2) is 4.39 Å². The van der Waals surface area contributed by atoms with Gasteiger partial charge in [-0.1, -0.05) is 35.9 Å². The molecular weight excluding hydrogens is 239 g/mol. The van der Waals surface area contributed by atoms with Crippen LogP contribution in [0.5, 0.6) is 0 Å². The molecule has 2 aromatic carbocycles. The van der Waals surface area contributed by atoms with Crippen molar-refractivity contribution in [2.45, 2.75) is 13.0 Å². The first-order valence-electron chi connectivity index (χ1n) is 5.32. The molecule has 1 unspecified atom stereocenters. The summed E-state index contributed by atoms with van der Waals surface area (Å²) in [6.45, 7) is 1.66. The molecule has 0 radical (unpaired) electrons. The summed E-state index contributed by atoms with van der Waals surface area (Å²) in [5.74, 6) is -0.384. The van der Waals surface area contributed by atoms with Gasteiger partial charge in [0.15, 0.2) is 0 Å². The number of hydrogen-bond donors (Lipinski definition) is 1. The molecule has 0 fully saturated rings. The fraction of sp³-hybridized carbons (Fsp3) is 0.143. The third-order valence-electron chi connectivity index (χ3n) is 2.63. The van der Waals surface area contributed by atoms with E-state index in [1.54, 1.807) is 31.2 Å². The number of halogens is 2. The highest BCUT2D eigenvalue weighted by atomic mass is 35.5. The Labute approximate surface area is 104 Å². The molecular formula is C14H12ClFO. The fourth-order valence-electron chi connectivity index (χ4n) is 1.81. The van der Waals surface area contributed by atoms with E-state index >= 15 is 0 Å². The summed E-state index contributed by atoms with van der Waals surface area (Å²) in [5, 5.41) is 10.0. The third-order valence-corrected chi connectivity index (χ3v) is 2.87. The van der Waals surface area contributed by atoms with Gasteiger partial charge < -0.3 is 5.11 Å². The lowest BCUT2D eigenvalue weighted by atomic mass is 9.96. The molecule has 0 aliphatic carbocycles. The van der Waals surface area contributed by atoms with Gasteiger partial charge in [0.2, 0.25) is 0 Å². The summed E-state index contributed by atoms with van der Waals surface area (Å²) in [4.78, 5) is 0. The zero-order chi connectivity index (χ0) is 12.4. The van der Waals surface area contributed by atoms with E-state index in [2.05, 4.69) is 0 Å². The van der Waals surface area contributed by atoms with Crippen LogP contribution in [0.4, 0.5) is 4.39 Å². The average Bonchev–Trinajstić information content (AvgIpc) is 2.29. The van der Waals surface area contributed by atoms with Crippen molar-refractivity contribution < 1.29 is 9.50 Å². The van der Waals surface area contributed by atoms with Crippen molar-refractivity contribution in [2.75, 3.05) is 0 Å². The van der Waals surface area contributed by atoms with Gasteiger partial charge in [0.25, 0.3) is 0 Å². The Balaban J connectivity index is 2.60. The summed E-state index contributed by atoms with van der Waals surface area (Å²) in [6.07, 6.45) is -0.638. The molecule has 2 aromatic rings. The van der Waals surface area contributed by atoms with Crippen LogP contribution in [0, 0.1) is 5.82 Å². The Bertz CT molecular complexity index is 537. The van der Waals surface area contributed by atoms with Crippen LogP contribution in [0.15, 0.2) is 42.5 Å².